The van der Waals surface area contributed by atoms with Crippen LogP contribution in [0.2, 0.25) is 0 Å². The number of nitrogens with one attached hydrogen (secondary N) is 1. The van der Waals surface area contributed by atoms with E-state index in [9.17, 15) is 0 Å². The first kappa shape index (κ1) is 21.0. The fraction of sp³-hybridized carbons (Fsp3) is 0.391. The molecular formula is C23H28N6O2. The molecule has 0 spiro atoms. The third-order valence-electron chi connectivity index (χ3n) is 5.34. The van der Waals surface area contributed by atoms with Crippen molar-refractivity contribution >= 4 is 11.8 Å². The van der Waals surface area contributed by atoms with E-state index in [2.05, 4.69) is 32.1 Å². The Labute approximate surface area is 182 Å². The third kappa shape index (κ3) is 4.74. The summed E-state index contributed by atoms with van der Waals surface area (Å²) in [5, 5.41) is 3.47. The molecule has 1 atom stereocenters. The van der Waals surface area contributed by atoms with Gasteiger partial charge in [0.1, 0.15) is 17.4 Å². The minimum absolute atomic E-state index is 0.0133. The number of para-hydroxylation sites is 1. The van der Waals surface area contributed by atoms with Gasteiger partial charge in [-0.25, -0.2) is 19.9 Å². The Morgan fingerprint density at radius 3 is 2.61 bits per heavy atom. The number of methoxy groups -OCH3 is 1. The molecule has 0 amide bonds. The molecule has 3 aromatic rings. The van der Waals surface area contributed by atoms with Crippen LogP contribution in [0.1, 0.15) is 30.0 Å². The smallest absolute Gasteiger partial charge is 0.225 e. The van der Waals surface area contributed by atoms with Crippen LogP contribution in [0.15, 0.2) is 36.5 Å². The van der Waals surface area contributed by atoms with Crippen molar-refractivity contribution in [1.82, 2.24) is 19.9 Å². The van der Waals surface area contributed by atoms with E-state index in [0.717, 1.165) is 53.1 Å². The summed E-state index contributed by atoms with van der Waals surface area (Å²) in [4.78, 5) is 20.7. The fourth-order valence-electron chi connectivity index (χ4n) is 3.73. The SMILES string of the molecule is COc1ccccc1C(C)Nc1cc(-c2cnc(N3CCOCC3)nc2C)nc(C)n1. The average molecular weight is 421 g/mol. The van der Waals surface area contributed by atoms with Gasteiger partial charge in [-0.05, 0) is 26.8 Å². The van der Waals surface area contributed by atoms with Crippen molar-refractivity contribution in [3.05, 3.63) is 53.6 Å². The standard InChI is InChI=1S/C23H28N6O2/c1-15(18-7-5-6-8-21(18)30-4)25-22-13-20(27-17(3)28-22)19-14-24-23(26-16(19)2)29-9-11-31-12-10-29/h5-8,13-15H,9-12H2,1-4H3,(H,25,27,28). The van der Waals surface area contributed by atoms with Crippen LogP contribution in [0, 0.1) is 13.8 Å². The highest BCUT2D eigenvalue weighted by Crippen LogP contribution is 2.29. The van der Waals surface area contributed by atoms with Gasteiger partial charge in [0.25, 0.3) is 0 Å². The molecule has 1 saturated heterocycles. The van der Waals surface area contributed by atoms with Crippen molar-refractivity contribution in [3.63, 3.8) is 0 Å². The number of aromatic nitrogens is 4. The molecule has 4 rings (SSSR count). The van der Waals surface area contributed by atoms with Crippen LogP contribution >= 0.6 is 0 Å². The van der Waals surface area contributed by atoms with Gasteiger partial charge in [-0.15, -0.1) is 0 Å². The fourth-order valence-corrected chi connectivity index (χ4v) is 3.73. The van der Waals surface area contributed by atoms with Gasteiger partial charge in [0.15, 0.2) is 0 Å². The molecule has 2 aromatic heterocycles. The largest absolute Gasteiger partial charge is 0.496 e. The molecule has 3 heterocycles. The lowest BCUT2D eigenvalue weighted by Gasteiger charge is -2.27. The number of rotatable bonds is 6. The Kier molecular flexibility index (Phi) is 6.27. The van der Waals surface area contributed by atoms with Crippen LogP contribution < -0.4 is 15.0 Å². The van der Waals surface area contributed by atoms with Gasteiger partial charge in [0.2, 0.25) is 5.95 Å². The molecular weight excluding hydrogens is 392 g/mol. The van der Waals surface area contributed by atoms with Gasteiger partial charge < -0.3 is 19.7 Å². The molecule has 8 nitrogen and oxygen atoms in total. The number of nitrogens with zero attached hydrogens (tertiary/aromatic N) is 5. The Bertz CT molecular complexity index is 1050. The molecule has 31 heavy (non-hydrogen) atoms. The molecule has 1 aliphatic rings. The van der Waals surface area contributed by atoms with Crippen molar-refractivity contribution in [2.45, 2.75) is 26.8 Å². The van der Waals surface area contributed by atoms with E-state index in [-0.39, 0.29) is 6.04 Å². The average Bonchev–Trinajstić information content (AvgIpc) is 2.79. The van der Waals surface area contributed by atoms with E-state index in [1.165, 1.54) is 0 Å². The first-order valence-corrected chi connectivity index (χ1v) is 10.5. The van der Waals surface area contributed by atoms with Gasteiger partial charge in [-0.2, -0.15) is 0 Å². The maximum atomic E-state index is 5.50. The molecule has 1 N–H and O–H groups in total. The zero-order valence-electron chi connectivity index (χ0n) is 18.4. The van der Waals surface area contributed by atoms with Crippen LogP contribution in [0.4, 0.5) is 11.8 Å². The summed E-state index contributed by atoms with van der Waals surface area (Å²) >= 11 is 0. The lowest BCUT2D eigenvalue weighted by atomic mass is 10.1. The molecule has 0 radical (unpaired) electrons. The Balaban J connectivity index is 1.59. The molecule has 0 aliphatic carbocycles. The van der Waals surface area contributed by atoms with E-state index in [1.807, 2.05) is 50.4 Å². The molecule has 0 saturated carbocycles. The number of anilines is 2. The first-order chi connectivity index (χ1) is 15.0. The summed E-state index contributed by atoms with van der Waals surface area (Å²) in [6.07, 6.45) is 1.85. The van der Waals surface area contributed by atoms with Crippen LogP contribution in [0.25, 0.3) is 11.3 Å². The van der Waals surface area contributed by atoms with Gasteiger partial charge in [-0.3, -0.25) is 0 Å². The van der Waals surface area contributed by atoms with Crippen molar-refractivity contribution in [1.29, 1.82) is 0 Å². The lowest BCUT2D eigenvalue weighted by Crippen LogP contribution is -2.37. The molecule has 1 aliphatic heterocycles. The van der Waals surface area contributed by atoms with Gasteiger partial charge >= 0.3 is 0 Å². The molecule has 1 fully saturated rings. The van der Waals surface area contributed by atoms with E-state index in [0.29, 0.717) is 19.0 Å². The summed E-state index contributed by atoms with van der Waals surface area (Å²) in [6, 6.07) is 9.93. The zero-order valence-corrected chi connectivity index (χ0v) is 18.4. The van der Waals surface area contributed by atoms with Crippen molar-refractivity contribution in [2.75, 3.05) is 43.6 Å². The summed E-state index contributed by atoms with van der Waals surface area (Å²) < 4.78 is 10.9. The van der Waals surface area contributed by atoms with Gasteiger partial charge in [0, 0.05) is 36.5 Å². The van der Waals surface area contributed by atoms with E-state index in [1.54, 1.807) is 7.11 Å². The third-order valence-corrected chi connectivity index (χ3v) is 5.34. The van der Waals surface area contributed by atoms with Crippen LogP contribution in [-0.4, -0.2) is 53.3 Å². The van der Waals surface area contributed by atoms with E-state index in [4.69, 9.17) is 14.5 Å². The monoisotopic (exact) mass is 420 g/mol. The van der Waals surface area contributed by atoms with Crippen LogP contribution in [0.5, 0.6) is 5.75 Å². The number of morpholine rings is 1. The van der Waals surface area contributed by atoms with Crippen LogP contribution in [-0.2, 0) is 4.74 Å². The number of hydrogen-bond acceptors (Lipinski definition) is 8. The Morgan fingerprint density at radius 1 is 1.10 bits per heavy atom. The van der Waals surface area contributed by atoms with E-state index >= 15 is 0 Å². The molecule has 8 heteroatoms. The highest BCUT2D eigenvalue weighted by Gasteiger charge is 2.17. The molecule has 0 bridgehead atoms. The lowest BCUT2D eigenvalue weighted by molar-refractivity contribution is 0.122. The van der Waals surface area contributed by atoms with Crippen molar-refractivity contribution in [2.24, 2.45) is 0 Å². The quantitative estimate of drug-likeness (QED) is 0.648. The summed E-state index contributed by atoms with van der Waals surface area (Å²) in [5.74, 6) is 3.01. The molecule has 162 valence electrons. The van der Waals surface area contributed by atoms with E-state index < -0.39 is 0 Å². The number of aryl methyl sites for hydroxylation is 2. The summed E-state index contributed by atoms with van der Waals surface area (Å²) in [7, 11) is 1.68. The zero-order chi connectivity index (χ0) is 21.8. The summed E-state index contributed by atoms with van der Waals surface area (Å²) in [5.41, 5.74) is 3.65. The normalized spacial score (nSPS) is 14.9. The second-order valence-electron chi connectivity index (χ2n) is 7.56. The minimum atomic E-state index is 0.0133. The Morgan fingerprint density at radius 2 is 1.87 bits per heavy atom. The van der Waals surface area contributed by atoms with Crippen LogP contribution in [0.3, 0.4) is 0 Å². The second kappa shape index (κ2) is 9.26. The second-order valence-corrected chi connectivity index (χ2v) is 7.56. The molecule has 1 unspecified atom stereocenters. The van der Waals surface area contributed by atoms with Gasteiger partial charge in [0.05, 0.1) is 37.8 Å². The number of benzene rings is 1. The molecule has 1 aromatic carbocycles. The maximum absolute atomic E-state index is 5.50. The highest BCUT2D eigenvalue weighted by molar-refractivity contribution is 5.65. The van der Waals surface area contributed by atoms with Gasteiger partial charge in [-0.1, -0.05) is 18.2 Å². The summed E-state index contributed by atoms with van der Waals surface area (Å²) in [6.45, 7) is 8.98. The highest BCUT2D eigenvalue weighted by atomic mass is 16.5. The predicted molar refractivity (Wildman–Crippen MR) is 121 cm³/mol. The maximum Gasteiger partial charge on any atom is 0.225 e. The topological polar surface area (TPSA) is 85.3 Å². The Hall–Kier alpha value is -3.26. The van der Waals surface area contributed by atoms with Crippen molar-refractivity contribution < 1.29 is 9.47 Å². The number of hydrogen-bond donors (Lipinski definition) is 1. The number of ether oxygens (including phenoxy) is 2. The minimum Gasteiger partial charge on any atom is -0.496 e. The first-order valence-electron chi connectivity index (χ1n) is 10.5. The predicted octanol–water partition coefficient (Wildman–Crippen LogP) is 3.57. The van der Waals surface area contributed by atoms with Crippen molar-refractivity contribution in [3.8, 4) is 17.0 Å².